The second kappa shape index (κ2) is 4.44. The molecule has 0 saturated heterocycles. The van der Waals surface area contributed by atoms with E-state index in [1.165, 1.54) is 0 Å². The number of aryl methyl sites for hydroxylation is 1. The van der Waals surface area contributed by atoms with Gasteiger partial charge in [-0.15, -0.1) is 5.10 Å². The molecule has 6 heteroatoms. The van der Waals surface area contributed by atoms with E-state index >= 15 is 0 Å². The summed E-state index contributed by atoms with van der Waals surface area (Å²) in [4.78, 5) is 0. The van der Waals surface area contributed by atoms with Gasteiger partial charge >= 0.3 is 0 Å². The third-order valence-electron chi connectivity index (χ3n) is 2.11. The molecule has 0 fully saturated rings. The Morgan fingerprint density at radius 1 is 1.50 bits per heavy atom. The van der Waals surface area contributed by atoms with E-state index in [4.69, 9.17) is 10.5 Å². The SMILES string of the molecule is Cc1cccc(OCc2nnsc2N)c1F. The number of ether oxygens (including phenoxy) is 1. The third kappa shape index (κ3) is 2.11. The molecule has 0 aliphatic rings. The van der Waals surface area contributed by atoms with E-state index in [2.05, 4.69) is 9.59 Å². The second-order valence-corrected chi connectivity index (χ2v) is 4.05. The highest BCUT2D eigenvalue weighted by Gasteiger charge is 2.09. The zero-order valence-corrected chi connectivity index (χ0v) is 9.42. The number of rotatable bonds is 3. The molecule has 1 aromatic carbocycles. The summed E-state index contributed by atoms with van der Waals surface area (Å²) in [5.41, 5.74) is 6.67. The Morgan fingerprint density at radius 3 is 3.00 bits per heavy atom. The Hall–Kier alpha value is -1.69. The molecule has 84 valence electrons. The van der Waals surface area contributed by atoms with Crippen molar-refractivity contribution in [3.63, 3.8) is 0 Å². The summed E-state index contributed by atoms with van der Waals surface area (Å²) < 4.78 is 22.5. The quantitative estimate of drug-likeness (QED) is 0.891. The van der Waals surface area contributed by atoms with Crippen LogP contribution in [0.3, 0.4) is 0 Å². The fourth-order valence-corrected chi connectivity index (χ4v) is 1.63. The molecule has 1 aromatic heterocycles. The summed E-state index contributed by atoms with van der Waals surface area (Å²) in [6.07, 6.45) is 0. The van der Waals surface area contributed by atoms with E-state index < -0.39 is 0 Å². The van der Waals surface area contributed by atoms with E-state index in [0.29, 0.717) is 16.3 Å². The van der Waals surface area contributed by atoms with Crippen LogP contribution < -0.4 is 10.5 Å². The predicted octanol–water partition coefficient (Wildman–Crippen LogP) is 2.15. The number of nitrogen functional groups attached to an aromatic ring is 1. The van der Waals surface area contributed by atoms with Crippen molar-refractivity contribution in [2.75, 3.05) is 5.73 Å². The Balaban J connectivity index is 2.11. The lowest BCUT2D eigenvalue weighted by atomic mass is 10.2. The van der Waals surface area contributed by atoms with Gasteiger partial charge in [-0.1, -0.05) is 16.6 Å². The zero-order chi connectivity index (χ0) is 11.5. The Labute approximate surface area is 96.0 Å². The fourth-order valence-electron chi connectivity index (χ4n) is 1.19. The molecule has 16 heavy (non-hydrogen) atoms. The summed E-state index contributed by atoms with van der Waals surface area (Å²) in [6.45, 7) is 1.81. The van der Waals surface area contributed by atoms with Crippen LogP contribution in [0.5, 0.6) is 5.75 Å². The number of benzene rings is 1. The zero-order valence-electron chi connectivity index (χ0n) is 8.61. The van der Waals surface area contributed by atoms with Crippen molar-refractivity contribution in [3.8, 4) is 5.75 Å². The summed E-state index contributed by atoms with van der Waals surface area (Å²) in [7, 11) is 0. The lowest BCUT2D eigenvalue weighted by molar-refractivity contribution is 0.286. The number of nitrogens with two attached hydrogens (primary N) is 1. The molecule has 0 unspecified atom stereocenters. The number of nitrogens with zero attached hydrogens (tertiary/aromatic N) is 2. The van der Waals surface area contributed by atoms with Crippen LogP contribution in [0.25, 0.3) is 0 Å². The van der Waals surface area contributed by atoms with Crippen LogP contribution in [0.2, 0.25) is 0 Å². The first-order valence-corrected chi connectivity index (χ1v) is 5.40. The lowest BCUT2D eigenvalue weighted by Gasteiger charge is -2.06. The van der Waals surface area contributed by atoms with Crippen LogP contribution in [-0.2, 0) is 6.61 Å². The minimum Gasteiger partial charge on any atom is -0.484 e. The molecule has 2 rings (SSSR count). The normalized spacial score (nSPS) is 10.4. The van der Waals surface area contributed by atoms with Gasteiger partial charge in [0.15, 0.2) is 11.6 Å². The smallest absolute Gasteiger partial charge is 0.167 e. The molecule has 0 saturated carbocycles. The highest BCUT2D eigenvalue weighted by molar-refractivity contribution is 7.09. The fraction of sp³-hybridized carbons (Fsp3) is 0.200. The third-order valence-corrected chi connectivity index (χ3v) is 2.70. The number of halogens is 1. The van der Waals surface area contributed by atoms with Gasteiger partial charge in [0, 0.05) is 11.5 Å². The van der Waals surface area contributed by atoms with Gasteiger partial charge in [0.25, 0.3) is 0 Å². The maximum atomic E-state index is 13.5. The molecule has 0 bridgehead atoms. The van der Waals surface area contributed by atoms with Crippen molar-refractivity contribution in [1.82, 2.24) is 9.59 Å². The van der Waals surface area contributed by atoms with Crippen molar-refractivity contribution < 1.29 is 9.13 Å². The maximum absolute atomic E-state index is 13.5. The van der Waals surface area contributed by atoms with E-state index in [-0.39, 0.29) is 18.2 Å². The highest BCUT2D eigenvalue weighted by Crippen LogP contribution is 2.22. The van der Waals surface area contributed by atoms with Crippen molar-refractivity contribution in [1.29, 1.82) is 0 Å². The number of aromatic nitrogens is 2. The standard InChI is InChI=1S/C10H10FN3OS/c1-6-3-2-4-8(9(6)11)15-5-7-10(12)16-14-13-7/h2-4H,5,12H2,1H3. The Kier molecular flexibility index (Phi) is 3.00. The maximum Gasteiger partial charge on any atom is 0.167 e. The van der Waals surface area contributed by atoms with Crippen LogP contribution in [-0.4, -0.2) is 9.59 Å². The van der Waals surface area contributed by atoms with E-state index in [1.54, 1.807) is 25.1 Å². The van der Waals surface area contributed by atoms with Gasteiger partial charge in [-0.2, -0.15) is 0 Å². The molecule has 2 aromatic rings. The first kappa shape index (κ1) is 10.8. The molecular formula is C10H10FN3OS. The lowest BCUT2D eigenvalue weighted by Crippen LogP contribution is -2.01. The molecule has 4 nitrogen and oxygen atoms in total. The minimum atomic E-state index is -0.357. The van der Waals surface area contributed by atoms with Crippen molar-refractivity contribution in [2.24, 2.45) is 0 Å². The van der Waals surface area contributed by atoms with Gasteiger partial charge in [0.05, 0.1) is 0 Å². The number of hydrogen-bond acceptors (Lipinski definition) is 5. The topological polar surface area (TPSA) is 61.0 Å². The minimum absolute atomic E-state index is 0.128. The van der Waals surface area contributed by atoms with Crippen LogP contribution >= 0.6 is 11.5 Å². The predicted molar refractivity (Wildman–Crippen MR) is 59.8 cm³/mol. The second-order valence-electron chi connectivity index (χ2n) is 3.26. The monoisotopic (exact) mass is 239 g/mol. The molecule has 0 aliphatic heterocycles. The van der Waals surface area contributed by atoms with E-state index in [1.807, 2.05) is 0 Å². The van der Waals surface area contributed by atoms with Gasteiger partial charge in [-0.25, -0.2) is 4.39 Å². The average molecular weight is 239 g/mol. The largest absolute Gasteiger partial charge is 0.484 e. The molecular weight excluding hydrogens is 229 g/mol. The molecule has 0 atom stereocenters. The van der Waals surface area contributed by atoms with E-state index in [9.17, 15) is 4.39 Å². The summed E-state index contributed by atoms with van der Waals surface area (Å²) in [6, 6.07) is 4.98. The van der Waals surface area contributed by atoms with Gasteiger partial charge in [-0.05, 0) is 18.6 Å². The first-order chi connectivity index (χ1) is 7.68. The highest BCUT2D eigenvalue weighted by atomic mass is 32.1. The summed E-state index contributed by atoms with van der Waals surface area (Å²) in [5, 5.41) is 4.27. The summed E-state index contributed by atoms with van der Waals surface area (Å²) >= 11 is 1.09. The van der Waals surface area contributed by atoms with Crippen molar-refractivity contribution >= 4 is 16.5 Å². The molecule has 0 radical (unpaired) electrons. The van der Waals surface area contributed by atoms with Crippen molar-refractivity contribution in [2.45, 2.75) is 13.5 Å². The van der Waals surface area contributed by atoms with Gasteiger partial charge in [0.1, 0.15) is 17.3 Å². The average Bonchev–Trinajstić information content (AvgIpc) is 2.67. The Morgan fingerprint density at radius 2 is 2.31 bits per heavy atom. The van der Waals surface area contributed by atoms with Crippen LogP contribution in [0, 0.1) is 12.7 Å². The van der Waals surface area contributed by atoms with Crippen LogP contribution in [0.1, 0.15) is 11.3 Å². The van der Waals surface area contributed by atoms with Crippen molar-refractivity contribution in [3.05, 3.63) is 35.3 Å². The number of anilines is 1. The molecule has 1 heterocycles. The Bertz CT molecular complexity index is 501. The van der Waals surface area contributed by atoms with Gasteiger partial charge in [-0.3, -0.25) is 0 Å². The van der Waals surface area contributed by atoms with E-state index in [0.717, 1.165) is 11.5 Å². The summed E-state index contributed by atoms with van der Waals surface area (Å²) in [5.74, 6) is -0.156. The number of hydrogen-bond donors (Lipinski definition) is 1. The molecule has 2 N–H and O–H groups in total. The van der Waals surface area contributed by atoms with Gasteiger partial charge in [0.2, 0.25) is 0 Å². The molecule has 0 aliphatic carbocycles. The first-order valence-electron chi connectivity index (χ1n) is 4.63. The molecule has 0 amide bonds. The molecule has 0 spiro atoms. The van der Waals surface area contributed by atoms with Crippen LogP contribution in [0.4, 0.5) is 9.39 Å². The van der Waals surface area contributed by atoms with Gasteiger partial charge < -0.3 is 10.5 Å². The van der Waals surface area contributed by atoms with Crippen LogP contribution in [0.15, 0.2) is 18.2 Å².